The van der Waals surface area contributed by atoms with Gasteiger partial charge in [-0.25, -0.2) is 4.99 Å². The third-order valence-electron chi connectivity index (χ3n) is 5.65. The molecule has 2 aromatic rings. The lowest BCUT2D eigenvalue weighted by atomic mass is 10.1. The number of hydrogen-bond acceptors (Lipinski definition) is 2. The van der Waals surface area contributed by atoms with Gasteiger partial charge in [0.15, 0.2) is 5.96 Å². The molecule has 1 fully saturated rings. The quantitative estimate of drug-likeness (QED) is 0.631. The fourth-order valence-corrected chi connectivity index (χ4v) is 4.05. The molecule has 0 unspecified atom stereocenters. The molecule has 1 heterocycles. The zero-order valence-electron chi connectivity index (χ0n) is 16.3. The Morgan fingerprint density at radius 3 is 2.50 bits per heavy atom. The molecule has 146 valence electrons. The first-order valence-electron chi connectivity index (χ1n) is 10.3. The maximum Gasteiger partial charge on any atom is 0.253 e. The smallest absolute Gasteiger partial charge is 0.253 e. The van der Waals surface area contributed by atoms with Gasteiger partial charge in [0.25, 0.3) is 5.91 Å². The number of carbonyl (C=O) groups is 1. The fraction of sp³-hybridized carbons (Fsp3) is 0.391. The van der Waals surface area contributed by atoms with Crippen LogP contribution in [0.5, 0.6) is 0 Å². The summed E-state index contributed by atoms with van der Waals surface area (Å²) in [6, 6.07) is 14.1. The summed E-state index contributed by atoms with van der Waals surface area (Å²) in [6.07, 6.45) is 6.99. The lowest BCUT2D eigenvalue weighted by Crippen LogP contribution is -2.35. The number of anilines is 1. The Labute approximate surface area is 166 Å². The number of rotatable bonds is 4. The van der Waals surface area contributed by atoms with Crippen molar-refractivity contribution in [3.05, 3.63) is 64.7 Å². The van der Waals surface area contributed by atoms with E-state index < -0.39 is 0 Å². The lowest BCUT2D eigenvalue weighted by Gasteiger charge is -2.26. The number of piperidine rings is 1. The van der Waals surface area contributed by atoms with Gasteiger partial charge in [-0.2, -0.15) is 0 Å². The van der Waals surface area contributed by atoms with Gasteiger partial charge < -0.3 is 16.0 Å². The topological polar surface area (TPSA) is 70.7 Å². The Balaban J connectivity index is 1.34. The van der Waals surface area contributed by atoms with Crippen LogP contribution in [0.4, 0.5) is 5.69 Å². The van der Waals surface area contributed by atoms with Crippen LogP contribution >= 0.6 is 0 Å². The average molecular weight is 377 g/mol. The van der Waals surface area contributed by atoms with Crippen molar-refractivity contribution in [2.24, 2.45) is 10.7 Å². The highest BCUT2D eigenvalue weighted by Gasteiger charge is 2.17. The van der Waals surface area contributed by atoms with Gasteiger partial charge in [-0.1, -0.05) is 18.2 Å². The van der Waals surface area contributed by atoms with Gasteiger partial charge in [0.1, 0.15) is 0 Å². The van der Waals surface area contributed by atoms with Crippen LogP contribution in [0.15, 0.2) is 47.5 Å². The van der Waals surface area contributed by atoms with E-state index in [1.165, 1.54) is 30.4 Å². The van der Waals surface area contributed by atoms with Crippen molar-refractivity contribution in [1.29, 1.82) is 0 Å². The van der Waals surface area contributed by atoms with E-state index in [1.807, 2.05) is 29.2 Å². The molecule has 4 rings (SSSR count). The number of carbonyl (C=O) groups excluding carboxylic acids is 1. The van der Waals surface area contributed by atoms with Gasteiger partial charge in [0.2, 0.25) is 0 Å². The molecule has 5 heteroatoms. The van der Waals surface area contributed by atoms with Gasteiger partial charge in [-0.15, -0.1) is 0 Å². The molecule has 1 amide bonds. The maximum atomic E-state index is 12.5. The van der Waals surface area contributed by atoms with E-state index in [2.05, 4.69) is 28.5 Å². The average Bonchev–Trinajstić information content (AvgIpc) is 3.21. The van der Waals surface area contributed by atoms with Crippen LogP contribution in [0.2, 0.25) is 0 Å². The largest absolute Gasteiger partial charge is 0.370 e. The summed E-state index contributed by atoms with van der Waals surface area (Å²) in [7, 11) is 0. The first-order chi connectivity index (χ1) is 13.7. The fourth-order valence-electron chi connectivity index (χ4n) is 4.05. The van der Waals surface area contributed by atoms with E-state index in [0.717, 1.165) is 49.2 Å². The van der Waals surface area contributed by atoms with E-state index >= 15 is 0 Å². The zero-order chi connectivity index (χ0) is 19.3. The normalized spacial score (nSPS) is 16.7. The van der Waals surface area contributed by atoms with Crippen molar-refractivity contribution in [3.63, 3.8) is 0 Å². The maximum absolute atomic E-state index is 12.5. The number of likely N-dealkylation sites (tertiary alicyclic amines) is 1. The molecule has 0 bridgehead atoms. The van der Waals surface area contributed by atoms with Crippen molar-refractivity contribution >= 4 is 17.6 Å². The van der Waals surface area contributed by atoms with Crippen LogP contribution in [-0.2, 0) is 19.4 Å². The van der Waals surface area contributed by atoms with Gasteiger partial charge in [-0.3, -0.25) is 4.79 Å². The van der Waals surface area contributed by atoms with Crippen LogP contribution in [0.1, 0.15) is 52.7 Å². The third kappa shape index (κ3) is 4.35. The third-order valence-corrected chi connectivity index (χ3v) is 5.65. The van der Waals surface area contributed by atoms with Crippen LogP contribution in [-0.4, -0.2) is 29.9 Å². The molecule has 1 saturated heterocycles. The summed E-state index contributed by atoms with van der Waals surface area (Å²) in [6.45, 7) is 2.23. The highest BCUT2D eigenvalue weighted by atomic mass is 16.2. The minimum atomic E-state index is 0.132. The first-order valence-corrected chi connectivity index (χ1v) is 10.3. The van der Waals surface area contributed by atoms with Gasteiger partial charge in [-0.05, 0) is 79.5 Å². The summed E-state index contributed by atoms with van der Waals surface area (Å²) in [5.41, 5.74) is 11.7. The number of hydrogen-bond donors (Lipinski definition) is 2. The molecule has 5 nitrogen and oxygen atoms in total. The standard InChI is InChI=1S/C23H28N4O/c24-23(26-21-12-11-18-5-4-6-20(18)15-21)25-16-17-7-9-19(10-8-17)22(28)27-13-2-1-3-14-27/h7-12,15H,1-6,13-14,16H2,(H3,24,25,26). The van der Waals surface area contributed by atoms with Crippen LogP contribution in [0, 0.1) is 0 Å². The number of aliphatic imine (C=N–C) groups is 1. The zero-order valence-corrected chi connectivity index (χ0v) is 16.3. The second-order valence-corrected chi connectivity index (χ2v) is 7.71. The number of fused-ring (bicyclic) bond motifs is 1. The molecule has 0 aromatic heterocycles. The van der Waals surface area contributed by atoms with E-state index in [0.29, 0.717) is 12.5 Å². The summed E-state index contributed by atoms with van der Waals surface area (Å²) < 4.78 is 0. The number of amides is 1. The molecule has 0 atom stereocenters. The molecule has 3 N–H and O–H groups in total. The summed E-state index contributed by atoms with van der Waals surface area (Å²) >= 11 is 0. The van der Waals surface area contributed by atoms with Gasteiger partial charge in [0, 0.05) is 24.3 Å². The number of aryl methyl sites for hydroxylation is 2. The number of benzene rings is 2. The number of nitrogens with one attached hydrogen (secondary N) is 1. The lowest BCUT2D eigenvalue weighted by molar-refractivity contribution is 0.0724. The van der Waals surface area contributed by atoms with Crippen LogP contribution in [0.3, 0.4) is 0 Å². The molecule has 2 aliphatic rings. The number of guanidine groups is 1. The van der Waals surface area contributed by atoms with E-state index in [9.17, 15) is 4.79 Å². The molecule has 28 heavy (non-hydrogen) atoms. The molecular weight excluding hydrogens is 348 g/mol. The van der Waals surface area contributed by atoms with Crippen molar-refractivity contribution < 1.29 is 4.79 Å². The highest BCUT2D eigenvalue weighted by molar-refractivity contribution is 5.94. The summed E-state index contributed by atoms with van der Waals surface area (Å²) in [4.78, 5) is 18.9. The Hall–Kier alpha value is -2.82. The van der Waals surface area contributed by atoms with E-state index in [1.54, 1.807) is 0 Å². The van der Waals surface area contributed by atoms with Crippen molar-refractivity contribution in [3.8, 4) is 0 Å². The summed E-state index contributed by atoms with van der Waals surface area (Å²) in [5.74, 6) is 0.541. The Kier molecular flexibility index (Phi) is 5.60. The van der Waals surface area contributed by atoms with Crippen molar-refractivity contribution in [1.82, 2.24) is 4.90 Å². The molecule has 1 aliphatic heterocycles. The molecule has 0 saturated carbocycles. The minimum Gasteiger partial charge on any atom is -0.370 e. The number of nitrogens with two attached hydrogens (primary N) is 1. The Bertz CT molecular complexity index is 867. The van der Waals surface area contributed by atoms with Crippen LogP contribution < -0.4 is 11.1 Å². The predicted molar refractivity (Wildman–Crippen MR) is 114 cm³/mol. The molecule has 0 spiro atoms. The molecule has 0 radical (unpaired) electrons. The monoisotopic (exact) mass is 376 g/mol. The second kappa shape index (κ2) is 8.46. The SMILES string of the molecule is NC(=NCc1ccc(C(=O)N2CCCCC2)cc1)Nc1ccc2c(c1)CCC2. The molecular formula is C23H28N4O. The minimum absolute atomic E-state index is 0.132. The van der Waals surface area contributed by atoms with Crippen molar-refractivity contribution in [2.75, 3.05) is 18.4 Å². The second-order valence-electron chi connectivity index (χ2n) is 7.71. The molecule has 2 aromatic carbocycles. The molecule has 1 aliphatic carbocycles. The van der Waals surface area contributed by atoms with Gasteiger partial charge in [0.05, 0.1) is 6.54 Å². The highest BCUT2D eigenvalue weighted by Crippen LogP contribution is 2.24. The Morgan fingerprint density at radius 2 is 1.71 bits per heavy atom. The van der Waals surface area contributed by atoms with E-state index in [4.69, 9.17) is 5.73 Å². The Morgan fingerprint density at radius 1 is 0.964 bits per heavy atom. The first kappa shape index (κ1) is 18.5. The van der Waals surface area contributed by atoms with Crippen LogP contribution in [0.25, 0.3) is 0 Å². The van der Waals surface area contributed by atoms with Crippen molar-refractivity contribution in [2.45, 2.75) is 45.1 Å². The van der Waals surface area contributed by atoms with E-state index in [-0.39, 0.29) is 5.91 Å². The van der Waals surface area contributed by atoms with Gasteiger partial charge >= 0.3 is 0 Å². The predicted octanol–water partition coefficient (Wildman–Crippen LogP) is 3.73. The number of nitrogens with zero attached hydrogens (tertiary/aromatic N) is 2. The summed E-state index contributed by atoms with van der Waals surface area (Å²) in [5, 5.41) is 3.18.